The van der Waals surface area contributed by atoms with Crippen molar-refractivity contribution in [3.05, 3.63) is 24.3 Å². The van der Waals surface area contributed by atoms with Crippen LogP contribution in [-0.4, -0.2) is 22.4 Å². The van der Waals surface area contributed by atoms with Gasteiger partial charge in [-0.15, -0.1) is 0 Å². The molecule has 0 unspecified atom stereocenters. The Morgan fingerprint density at radius 1 is 1.50 bits per heavy atom. The maximum atomic E-state index is 11.2. The second-order valence-corrected chi connectivity index (χ2v) is 2.38. The van der Waals surface area contributed by atoms with Gasteiger partial charge in [0.25, 0.3) is 5.91 Å². The van der Waals surface area contributed by atoms with E-state index in [9.17, 15) is 4.79 Å². The molecule has 1 aromatic heterocycles. The second-order valence-electron chi connectivity index (χ2n) is 2.38. The van der Waals surface area contributed by atoms with Gasteiger partial charge in [0, 0.05) is 18.9 Å². The fourth-order valence-corrected chi connectivity index (χ4v) is 0.757. The molecule has 0 saturated carbocycles. The molecule has 1 heterocycles. The fraction of sp³-hybridized carbons (Fsp3) is 0.375. The summed E-state index contributed by atoms with van der Waals surface area (Å²) in [6.45, 7) is 2.69. The van der Waals surface area contributed by atoms with Crippen LogP contribution in [0.25, 0.3) is 0 Å². The van der Waals surface area contributed by atoms with E-state index in [4.69, 9.17) is 0 Å². The van der Waals surface area contributed by atoms with Gasteiger partial charge in [0.15, 0.2) is 0 Å². The fourth-order valence-electron chi connectivity index (χ4n) is 0.757. The lowest BCUT2D eigenvalue weighted by molar-refractivity contribution is 0.0953. The van der Waals surface area contributed by atoms with Gasteiger partial charge >= 0.3 is 0 Å². The van der Waals surface area contributed by atoms with Crippen molar-refractivity contribution in [1.29, 1.82) is 0 Å². The van der Waals surface area contributed by atoms with Gasteiger partial charge in [-0.3, -0.25) is 4.79 Å². The Morgan fingerprint density at radius 2 is 2.17 bits per heavy atom. The Hall–Kier alpha value is -1.45. The number of hydrogen-bond acceptors (Lipinski definition) is 3. The van der Waals surface area contributed by atoms with Crippen LogP contribution in [0.1, 0.15) is 23.7 Å². The zero-order chi connectivity index (χ0) is 8.81. The lowest BCUT2D eigenvalue weighted by Crippen LogP contribution is -2.24. The van der Waals surface area contributed by atoms with Gasteiger partial charge in [0.1, 0.15) is 6.33 Å². The van der Waals surface area contributed by atoms with Gasteiger partial charge < -0.3 is 5.32 Å². The number of carbonyl (C=O) groups excluding carboxylic acids is 1. The van der Waals surface area contributed by atoms with Crippen molar-refractivity contribution < 1.29 is 4.79 Å². The predicted molar refractivity (Wildman–Crippen MR) is 44.7 cm³/mol. The van der Waals surface area contributed by atoms with Crippen LogP contribution >= 0.6 is 0 Å². The van der Waals surface area contributed by atoms with Gasteiger partial charge in [-0.1, -0.05) is 6.92 Å². The zero-order valence-electron chi connectivity index (χ0n) is 6.95. The number of aromatic nitrogens is 2. The van der Waals surface area contributed by atoms with Gasteiger partial charge in [0.2, 0.25) is 0 Å². The smallest absolute Gasteiger partial charge is 0.254 e. The first-order valence-electron chi connectivity index (χ1n) is 3.87. The first-order chi connectivity index (χ1) is 5.84. The molecule has 1 aromatic rings. The molecule has 0 aliphatic carbocycles. The van der Waals surface area contributed by atoms with E-state index in [2.05, 4.69) is 15.3 Å². The van der Waals surface area contributed by atoms with Crippen LogP contribution in [0.15, 0.2) is 18.7 Å². The number of rotatable bonds is 3. The number of nitrogens with one attached hydrogen (secondary N) is 1. The second kappa shape index (κ2) is 4.43. The Balaban J connectivity index is 2.54. The van der Waals surface area contributed by atoms with E-state index in [1.807, 2.05) is 6.92 Å². The number of carbonyl (C=O) groups is 1. The lowest BCUT2D eigenvalue weighted by atomic mass is 10.3. The van der Waals surface area contributed by atoms with Crippen molar-refractivity contribution in [2.45, 2.75) is 13.3 Å². The van der Waals surface area contributed by atoms with E-state index >= 15 is 0 Å². The summed E-state index contributed by atoms with van der Waals surface area (Å²) in [4.78, 5) is 18.7. The lowest BCUT2D eigenvalue weighted by Gasteiger charge is -2.00. The summed E-state index contributed by atoms with van der Waals surface area (Å²) in [5.74, 6) is -0.113. The van der Waals surface area contributed by atoms with Gasteiger partial charge in [-0.05, 0) is 6.42 Å². The van der Waals surface area contributed by atoms with Crippen LogP contribution in [0.4, 0.5) is 0 Å². The molecule has 4 heteroatoms. The molecule has 1 amide bonds. The molecule has 1 N–H and O–H groups in total. The van der Waals surface area contributed by atoms with Crippen molar-refractivity contribution in [3.8, 4) is 0 Å². The van der Waals surface area contributed by atoms with Gasteiger partial charge in [-0.25, -0.2) is 9.97 Å². The van der Waals surface area contributed by atoms with Crippen molar-refractivity contribution in [2.75, 3.05) is 6.54 Å². The first kappa shape index (κ1) is 8.64. The van der Waals surface area contributed by atoms with Crippen molar-refractivity contribution in [3.63, 3.8) is 0 Å². The van der Waals surface area contributed by atoms with Crippen LogP contribution < -0.4 is 5.32 Å². The zero-order valence-corrected chi connectivity index (χ0v) is 6.95. The molecule has 0 atom stereocenters. The van der Waals surface area contributed by atoms with Crippen molar-refractivity contribution in [2.24, 2.45) is 0 Å². The molecular weight excluding hydrogens is 154 g/mol. The Bertz CT molecular complexity index is 248. The molecule has 12 heavy (non-hydrogen) atoms. The van der Waals surface area contributed by atoms with Crippen molar-refractivity contribution in [1.82, 2.24) is 15.3 Å². The minimum atomic E-state index is -0.113. The topological polar surface area (TPSA) is 54.9 Å². The summed E-state index contributed by atoms with van der Waals surface area (Å²) < 4.78 is 0. The van der Waals surface area contributed by atoms with Crippen LogP contribution in [-0.2, 0) is 0 Å². The van der Waals surface area contributed by atoms with E-state index in [1.165, 1.54) is 18.7 Å². The van der Waals surface area contributed by atoms with E-state index < -0.39 is 0 Å². The largest absolute Gasteiger partial charge is 0.352 e. The molecule has 0 bridgehead atoms. The minimum Gasteiger partial charge on any atom is -0.352 e. The van der Waals surface area contributed by atoms with E-state index in [0.29, 0.717) is 12.1 Å². The molecular formula is C8H11N3O. The highest BCUT2D eigenvalue weighted by Gasteiger charge is 2.02. The third-order valence-corrected chi connectivity index (χ3v) is 1.36. The first-order valence-corrected chi connectivity index (χ1v) is 3.87. The molecule has 4 nitrogen and oxygen atoms in total. The molecule has 0 spiro atoms. The molecule has 0 aromatic carbocycles. The third kappa shape index (κ3) is 2.30. The quantitative estimate of drug-likeness (QED) is 0.714. The summed E-state index contributed by atoms with van der Waals surface area (Å²) in [6, 6.07) is 0. The normalized spacial score (nSPS) is 9.42. The molecule has 0 radical (unpaired) electrons. The third-order valence-electron chi connectivity index (χ3n) is 1.36. The highest BCUT2D eigenvalue weighted by molar-refractivity contribution is 5.93. The van der Waals surface area contributed by atoms with Gasteiger partial charge in [-0.2, -0.15) is 0 Å². The van der Waals surface area contributed by atoms with E-state index in [-0.39, 0.29) is 5.91 Å². The minimum absolute atomic E-state index is 0.113. The maximum absolute atomic E-state index is 11.2. The number of nitrogens with zero attached hydrogens (tertiary/aromatic N) is 2. The summed E-state index contributed by atoms with van der Waals surface area (Å²) in [7, 11) is 0. The Labute approximate surface area is 71.0 Å². The summed E-state index contributed by atoms with van der Waals surface area (Å²) in [5, 5.41) is 2.73. The predicted octanol–water partition coefficient (Wildman–Crippen LogP) is 0.616. The highest BCUT2D eigenvalue weighted by Crippen LogP contribution is 1.91. The highest BCUT2D eigenvalue weighted by atomic mass is 16.1. The van der Waals surface area contributed by atoms with Crippen LogP contribution in [0.2, 0.25) is 0 Å². The standard InChI is InChI=1S/C8H11N3O/c1-2-3-11-8(12)7-4-9-6-10-5-7/h4-6H,2-3H2,1H3,(H,11,12). The number of hydrogen-bond donors (Lipinski definition) is 1. The van der Waals surface area contributed by atoms with E-state index in [0.717, 1.165) is 6.42 Å². The van der Waals surface area contributed by atoms with Crippen LogP contribution in [0, 0.1) is 0 Å². The average molecular weight is 165 g/mol. The van der Waals surface area contributed by atoms with Crippen LogP contribution in [0.5, 0.6) is 0 Å². The van der Waals surface area contributed by atoms with E-state index in [1.54, 1.807) is 0 Å². The van der Waals surface area contributed by atoms with Gasteiger partial charge in [0.05, 0.1) is 5.56 Å². The van der Waals surface area contributed by atoms with Crippen LogP contribution in [0.3, 0.4) is 0 Å². The molecule has 0 aliphatic heterocycles. The Kier molecular flexibility index (Phi) is 3.19. The molecule has 0 fully saturated rings. The van der Waals surface area contributed by atoms with Crippen molar-refractivity contribution >= 4 is 5.91 Å². The molecule has 64 valence electrons. The molecule has 0 aliphatic rings. The SMILES string of the molecule is CCCNC(=O)c1cncnc1. The summed E-state index contributed by atoms with van der Waals surface area (Å²) in [5.41, 5.74) is 0.506. The average Bonchev–Trinajstić information content (AvgIpc) is 2.15. The molecule has 1 rings (SSSR count). The molecule has 0 saturated heterocycles. The summed E-state index contributed by atoms with van der Waals surface area (Å²) >= 11 is 0. The maximum Gasteiger partial charge on any atom is 0.254 e. The Morgan fingerprint density at radius 3 is 2.75 bits per heavy atom. The number of amides is 1. The summed E-state index contributed by atoms with van der Waals surface area (Å²) in [6.07, 6.45) is 5.33. The monoisotopic (exact) mass is 165 g/mol.